The van der Waals surface area contributed by atoms with Crippen molar-refractivity contribution in [3.05, 3.63) is 77.8 Å². The van der Waals surface area contributed by atoms with Crippen molar-refractivity contribution in [2.75, 3.05) is 32.1 Å². The van der Waals surface area contributed by atoms with Crippen LogP contribution in [0.3, 0.4) is 0 Å². The number of anilines is 2. The summed E-state index contributed by atoms with van der Waals surface area (Å²) in [6, 6.07) is 17.9. The van der Waals surface area contributed by atoms with Crippen LogP contribution in [0, 0.1) is 0 Å². The Morgan fingerprint density at radius 3 is 2.41 bits per heavy atom. The number of fused-ring (bicyclic) bond motifs is 1. The van der Waals surface area contributed by atoms with Crippen LogP contribution in [0.15, 0.2) is 72.2 Å². The SMILES string of the molecule is CC1(C)S[C@@H]2[C@H](NC(=O)Cc3ccccc3)C(=O)N2[C@H]1C(=O)O.C[N+](C)(N)CCN(c1ccccn1)c1cccs1. The van der Waals surface area contributed by atoms with Gasteiger partial charge in [0.2, 0.25) is 11.8 Å². The predicted octanol–water partition coefficient (Wildman–Crippen LogP) is 3.09. The van der Waals surface area contributed by atoms with Crippen LogP contribution in [0.4, 0.5) is 10.8 Å². The largest absolute Gasteiger partial charge is 0.480 e. The fourth-order valence-electron chi connectivity index (χ4n) is 4.78. The lowest BCUT2D eigenvalue weighted by atomic mass is 9.96. The highest BCUT2D eigenvalue weighted by Gasteiger charge is 2.64. The van der Waals surface area contributed by atoms with Crippen molar-refractivity contribution in [3.63, 3.8) is 0 Å². The fourth-order valence-corrected chi connectivity index (χ4v) is 7.17. The number of pyridine rings is 1. The van der Waals surface area contributed by atoms with Gasteiger partial charge in [0.1, 0.15) is 29.8 Å². The molecular weight excluding hydrogens is 560 g/mol. The number of carboxylic acids is 1. The standard InChI is InChI=1S/C16H18N2O4S.C13H19N4S/c1-16(2)12(15(21)22)18-13(20)11(14(18)23-16)17-10(19)8-9-6-4-3-5-7-9;1-17(2,14)10-9-16(13-7-5-11-18-13)12-6-3-4-8-15-12/h3-7,11-12,14H,8H2,1-2H3,(H,17,19)(H,21,22);3-8,11H,9-10,14H2,1-2H3/q;+1/t11-,12+,14-;/m1./s1. The van der Waals surface area contributed by atoms with E-state index in [1.807, 2.05) is 82.7 Å². The van der Waals surface area contributed by atoms with Crippen molar-refractivity contribution in [2.45, 2.75) is 42.5 Å². The number of hydrogen-bond acceptors (Lipinski definition) is 8. The molecule has 2 aromatic heterocycles. The van der Waals surface area contributed by atoms with Gasteiger partial charge in [-0.05, 0) is 49.1 Å². The lowest BCUT2D eigenvalue weighted by Crippen LogP contribution is -2.70. The number of nitrogens with zero attached hydrogens (tertiary/aromatic N) is 4. The number of carbonyl (C=O) groups excluding carboxylic acids is 2. The quantitative estimate of drug-likeness (QED) is 0.149. The molecule has 3 atom stereocenters. The Morgan fingerprint density at radius 1 is 1.12 bits per heavy atom. The van der Waals surface area contributed by atoms with Crippen LogP contribution >= 0.6 is 23.1 Å². The molecule has 2 aliphatic rings. The third-order valence-corrected chi connectivity index (χ3v) is 9.26. The van der Waals surface area contributed by atoms with Crippen LogP contribution in [0.2, 0.25) is 0 Å². The highest BCUT2D eigenvalue weighted by molar-refractivity contribution is 8.01. The number of likely N-dealkylation sites (N-methyl/N-ethyl adjacent to an activating group) is 1. The van der Waals surface area contributed by atoms with E-state index in [9.17, 15) is 19.5 Å². The van der Waals surface area contributed by atoms with Crippen LogP contribution in [0.1, 0.15) is 19.4 Å². The molecule has 2 aliphatic heterocycles. The molecular formula is C29H37N6O4S2+. The molecule has 0 bridgehead atoms. The Balaban J connectivity index is 0.000000195. The van der Waals surface area contributed by atoms with E-state index in [2.05, 4.69) is 32.7 Å². The van der Waals surface area contributed by atoms with E-state index >= 15 is 0 Å². The smallest absolute Gasteiger partial charge is 0.327 e. The maximum absolute atomic E-state index is 12.3. The van der Waals surface area contributed by atoms with Crippen LogP contribution in [-0.2, 0) is 20.8 Å². The number of thioether (sulfide) groups is 1. The van der Waals surface area contributed by atoms with Gasteiger partial charge in [-0.3, -0.25) is 14.2 Å². The number of thiophene rings is 1. The van der Waals surface area contributed by atoms with Crippen LogP contribution in [0.5, 0.6) is 0 Å². The minimum absolute atomic E-state index is 0.202. The summed E-state index contributed by atoms with van der Waals surface area (Å²) in [4.78, 5) is 43.8. The lowest BCUT2D eigenvalue weighted by Gasteiger charge is -2.43. The Kier molecular flexibility index (Phi) is 9.37. The summed E-state index contributed by atoms with van der Waals surface area (Å²) in [6.07, 6.45) is 2.02. The van der Waals surface area contributed by atoms with E-state index in [1.165, 1.54) is 21.7 Å². The average Bonchev–Trinajstić information content (AvgIpc) is 3.53. The van der Waals surface area contributed by atoms with E-state index in [0.29, 0.717) is 4.59 Å². The first kappa shape index (κ1) is 30.5. The van der Waals surface area contributed by atoms with Gasteiger partial charge >= 0.3 is 5.97 Å². The molecule has 12 heteroatoms. The van der Waals surface area contributed by atoms with Crippen molar-refractivity contribution >= 4 is 51.7 Å². The van der Waals surface area contributed by atoms with Crippen molar-refractivity contribution in [1.82, 2.24) is 15.2 Å². The first-order valence-electron chi connectivity index (χ1n) is 13.3. The zero-order chi connectivity index (χ0) is 29.8. The number of hydrogen-bond donors (Lipinski definition) is 3. The Labute approximate surface area is 248 Å². The van der Waals surface area contributed by atoms with E-state index in [4.69, 9.17) is 5.84 Å². The zero-order valence-corrected chi connectivity index (χ0v) is 25.3. The van der Waals surface area contributed by atoms with E-state index in [-0.39, 0.29) is 23.6 Å². The van der Waals surface area contributed by atoms with E-state index < -0.39 is 22.8 Å². The molecule has 2 amide bonds. The molecule has 3 aromatic rings. The van der Waals surface area contributed by atoms with Crippen molar-refractivity contribution in [1.29, 1.82) is 0 Å². The maximum Gasteiger partial charge on any atom is 0.327 e. The number of aliphatic carboxylic acids is 1. The second-order valence-corrected chi connectivity index (χ2v) is 13.8. The molecule has 41 heavy (non-hydrogen) atoms. The summed E-state index contributed by atoms with van der Waals surface area (Å²) in [5.74, 6) is 5.42. The molecule has 0 saturated carbocycles. The highest BCUT2D eigenvalue weighted by Crippen LogP contribution is 2.50. The van der Waals surface area contributed by atoms with Crippen molar-refractivity contribution in [3.8, 4) is 0 Å². The summed E-state index contributed by atoms with van der Waals surface area (Å²) >= 11 is 3.14. The molecule has 1 aromatic carbocycles. The molecule has 2 saturated heterocycles. The second-order valence-electron chi connectivity index (χ2n) is 11.1. The Hall–Kier alpha value is -3.45. The van der Waals surface area contributed by atoms with E-state index in [1.54, 1.807) is 11.3 Å². The molecule has 0 aliphatic carbocycles. The van der Waals surface area contributed by atoms with Crippen molar-refractivity contribution in [2.24, 2.45) is 5.84 Å². The third-order valence-electron chi connectivity index (χ3n) is 6.80. The van der Waals surface area contributed by atoms with Gasteiger partial charge < -0.3 is 20.2 Å². The molecule has 0 spiro atoms. The highest BCUT2D eigenvalue weighted by atomic mass is 32.2. The van der Waals surface area contributed by atoms with Crippen molar-refractivity contribution < 1.29 is 24.1 Å². The molecule has 0 radical (unpaired) electrons. The van der Waals surface area contributed by atoms with Crippen LogP contribution in [-0.4, -0.2) is 86.8 Å². The number of aromatic nitrogens is 1. The van der Waals surface area contributed by atoms with Gasteiger partial charge in [-0.2, -0.15) is 5.84 Å². The number of β-lactam (4-membered cyclic amide) rings is 1. The average molecular weight is 598 g/mol. The summed E-state index contributed by atoms with van der Waals surface area (Å²) in [6.45, 7) is 5.32. The Bertz CT molecular complexity index is 1330. The molecule has 4 N–H and O–H groups in total. The number of amides is 2. The number of nitrogens with two attached hydrogens (primary N) is 1. The molecule has 5 rings (SSSR count). The van der Waals surface area contributed by atoms with Gasteiger partial charge in [0.25, 0.3) is 0 Å². The molecule has 218 valence electrons. The first-order chi connectivity index (χ1) is 19.4. The summed E-state index contributed by atoms with van der Waals surface area (Å²) in [5.41, 5.74) is 0.872. The monoisotopic (exact) mass is 597 g/mol. The van der Waals surface area contributed by atoms with Gasteiger partial charge in [-0.15, -0.1) is 23.1 Å². The van der Waals surface area contributed by atoms with Gasteiger partial charge in [0.05, 0.1) is 32.1 Å². The zero-order valence-electron chi connectivity index (χ0n) is 23.6. The molecule has 10 nitrogen and oxygen atoms in total. The van der Waals surface area contributed by atoms with Gasteiger partial charge in [0.15, 0.2) is 0 Å². The molecule has 4 heterocycles. The third kappa shape index (κ3) is 7.45. The van der Waals surface area contributed by atoms with Crippen LogP contribution in [0.25, 0.3) is 0 Å². The number of benzene rings is 1. The molecule has 2 fully saturated rings. The Morgan fingerprint density at radius 2 is 1.83 bits per heavy atom. The number of quaternary nitrogens is 1. The second kappa shape index (κ2) is 12.6. The number of nitrogens with one attached hydrogen (secondary N) is 1. The lowest BCUT2D eigenvalue weighted by molar-refractivity contribution is -0.900. The minimum atomic E-state index is -1.01. The van der Waals surface area contributed by atoms with Crippen LogP contribution < -0.4 is 16.1 Å². The summed E-state index contributed by atoms with van der Waals surface area (Å²) in [5, 5.41) is 15.1. The maximum atomic E-state index is 12.3. The minimum Gasteiger partial charge on any atom is -0.480 e. The van der Waals surface area contributed by atoms with Gasteiger partial charge in [-0.25, -0.2) is 9.78 Å². The van der Waals surface area contributed by atoms with Gasteiger partial charge in [0, 0.05) is 10.9 Å². The number of carboxylic acid groups (broad SMARTS) is 1. The van der Waals surface area contributed by atoms with Gasteiger partial charge in [-0.1, -0.05) is 36.4 Å². The predicted molar refractivity (Wildman–Crippen MR) is 163 cm³/mol. The normalized spacial score (nSPS) is 20.8. The fraction of sp³-hybridized carbons (Fsp3) is 0.379. The topological polar surface area (TPSA) is 129 Å². The molecule has 0 unspecified atom stereocenters. The first-order valence-corrected chi connectivity index (χ1v) is 15.0. The van der Waals surface area contributed by atoms with E-state index in [0.717, 1.165) is 24.5 Å². The summed E-state index contributed by atoms with van der Waals surface area (Å²) < 4.78 is -0.125. The number of carbonyl (C=O) groups is 3. The number of rotatable bonds is 9. The summed E-state index contributed by atoms with van der Waals surface area (Å²) in [7, 11) is 3.98.